The SMILES string of the molecule is COc1cc(OC)c(OC)cc1/C=C1/SC(=O)N(CC(=O)Nc2ccc(Br)c(Cl)c2)C1=O. The zero-order chi connectivity index (χ0) is 23.4. The third-order valence-corrected chi connectivity index (χ3v) is 6.54. The van der Waals surface area contributed by atoms with Gasteiger partial charge < -0.3 is 19.5 Å². The van der Waals surface area contributed by atoms with Gasteiger partial charge in [0.2, 0.25) is 5.91 Å². The molecule has 2 aromatic rings. The van der Waals surface area contributed by atoms with Gasteiger partial charge in [-0.15, -0.1) is 0 Å². The van der Waals surface area contributed by atoms with Crippen LogP contribution in [0.2, 0.25) is 5.02 Å². The molecule has 2 aromatic carbocycles. The van der Waals surface area contributed by atoms with Crippen molar-refractivity contribution in [1.82, 2.24) is 4.90 Å². The molecular weight excluding hydrogens is 524 g/mol. The fraction of sp³-hybridized carbons (Fsp3) is 0.190. The molecule has 0 atom stereocenters. The van der Waals surface area contributed by atoms with Crippen LogP contribution in [-0.4, -0.2) is 49.8 Å². The molecule has 0 aromatic heterocycles. The first kappa shape index (κ1) is 24.0. The Bertz CT molecular complexity index is 1120. The number of imide groups is 1. The molecule has 1 N–H and O–H groups in total. The number of halogens is 2. The van der Waals surface area contributed by atoms with E-state index in [2.05, 4.69) is 21.2 Å². The van der Waals surface area contributed by atoms with Crippen LogP contribution in [0.15, 0.2) is 39.7 Å². The molecule has 0 unspecified atom stereocenters. The zero-order valence-corrected chi connectivity index (χ0v) is 20.4. The normalized spacial score (nSPS) is 14.7. The first-order valence-electron chi connectivity index (χ1n) is 9.07. The van der Waals surface area contributed by atoms with E-state index in [1.165, 1.54) is 27.4 Å². The number of methoxy groups -OCH3 is 3. The van der Waals surface area contributed by atoms with E-state index in [1.807, 2.05) is 0 Å². The Morgan fingerprint density at radius 2 is 1.75 bits per heavy atom. The molecule has 0 aliphatic carbocycles. The maximum Gasteiger partial charge on any atom is 0.294 e. The second-order valence-electron chi connectivity index (χ2n) is 6.39. The lowest BCUT2D eigenvalue weighted by Gasteiger charge is -2.13. The van der Waals surface area contributed by atoms with Crippen LogP contribution < -0.4 is 19.5 Å². The molecule has 1 heterocycles. The van der Waals surface area contributed by atoms with E-state index in [4.69, 9.17) is 25.8 Å². The predicted molar refractivity (Wildman–Crippen MR) is 127 cm³/mol. The van der Waals surface area contributed by atoms with Crippen LogP contribution in [0.4, 0.5) is 10.5 Å². The van der Waals surface area contributed by atoms with Crippen LogP contribution >= 0.6 is 39.3 Å². The van der Waals surface area contributed by atoms with Crippen molar-refractivity contribution in [3.63, 3.8) is 0 Å². The van der Waals surface area contributed by atoms with Crippen molar-refractivity contribution in [3.8, 4) is 17.2 Å². The zero-order valence-electron chi connectivity index (χ0n) is 17.2. The fourth-order valence-corrected chi connectivity index (χ4v) is 4.12. The summed E-state index contributed by atoms with van der Waals surface area (Å²) in [5.74, 6) is 0.210. The van der Waals surface area contributed by atoms with E-state index in [0.717, 1.165) is 16.7 Å². The molecule has 0 radical (unpaired) electrons. The number of ether oxygens (including phenoxy) is 3. The fourth-order valence-electron chi connectivity index (χ4n) is 2.86. The van der Waals surface area contributed by atoms with Gasteiger partial charge in [0.1, 0.15) is 12.3 Å². The van der Waals surface area contributed by atoms with Crippen molar-refractivity contribution in [2.45, 2.75) is 0 Å². The van der Waals surface area contributed by atoms with Gasteiger partial charge in [-0.1, -0.05) is 11.6 Å². The number of carbonyl (C=O) groups is 3. The smallest absolute Gasteiger partial charge is 0.294 e. The molecule has 3 amide bonds. The lowest BCUT2D eigenvalue weighted by atomic mass is 10.1. The number of anilines is 1. The molecule has 1 aliphatic heterocycles. The van der Waals surface area contributed by atoms with E-state index >= 15 is 0 Å². The molecular formula is C21H18BrClN2O6S. The van der Waals surface area contributed by atoms with Crippen LogP contribution in [0, 0.1) is 0 Å². The first-order valence-corrected chi connectivity index (χ1v) is 11.1. The largest absolute Gasteiger partial charge is 0.496 e. The minimum absolute atomic E-state index is 0.153. The maximum absolute atomic E-state index is 12.8. The quantitative estimate of drug-likeness (QED) is 0.503. The molecule has 0 bridgehead atoms. The first-order chi connectivity index (χ1) is 15.3. The predicted octanol–water partition coefficient (Wildman–Crippen LogP) is 4.80. The molecule has 8 nitrogen and oxygen atoms in total. The Labute approximate surface area is 202 Å². The van der Waals surface area contributed by atoms with Gasteiger partial charge >= 0.3 is 0 Å². The number of carbonyl (C=O) groups excluding carboxylic acids is 3. The summed E-state index contributed by atoms with van der Waals surface area (Å²) >= 11 is 10.0. The summed E-state index contributed by atoms with van der Waals surface area (Å²) in [6.45, 7) is -0.432. The summed E-state index contributed by atoms with van der Waals surface area (Å²) in [5.41, 5.74) is 0.963. The summed E-state index contributed by atoms with van der Waals surface area (Å²) in [6, 6.07) is 8.13. The topological polar surface area (TPSA) is 94.2 Å². The van der Waals surface area contributed by atoms with E-state index in [-0.39, 0.29) is 4.91 Å². The molecule has 1 aliphatic rings. The Hall–Kier alpha value is -2.69. The number of hydrogen-bond donors (Lipinski definition) is 1. The molecule has 11 heteroatoms. The monoisotopic (exact) mass is 540 g/mol. The van der Waals surface area contributed by atoms with Crippen molar-refractivity contribution >= 4 is 68.1 Å². The number of benzene rings is 2. The highest BCUT2D eigenvalue weighted by Gasteiger charge is 2.36. The van der Waals surface area contributed by atoms with Gasteiger partial charge in [0, 0.05) is 21.8 Å². The van der Waals surface area contributed by atoms with E-state index in [0.29, 0.717) is 38.0 Å². The molecule has 32 heavy (non-hydrogen) atoms. The lowest BCUT2D eigenvalue weighted by molar-refractivity contribution is -0.127. The third kappa shape index (κ3) is 5.20. The maximum atomic E-state index is 12.8. The van der Waals surface area contributed by atoms with Gasteiger partial charge in [-0.3, -0.25) is 19.3 Å². The van der Waals surface area contributed by atoms with Gasteiger partial charge in [-0.05, 0) is 58.0 Å². The van der Waals surface area contributed by atoms with Crippen LogP contribution in [0.3, 0.4) is 0 Å². The van der Waals surface area contributed by atoms with Gasteiger partial charge in [-0.25, -0.2) is 0 Å². The highest BCUT2D eigenvalue weighted by molar-refractivity contribution is 9.10. The summed E-state index contributed by atoms with van der Waals surface area (Å²) in [4.78, 5) is 38.6. The number of thioether (sulfide) groups is 1. The average Bonchev–Trinajstić information content (AvgIpc) is 3.03. The second kappa shape index (κ2) is 10.3. The Morgan fingerprint density at radius 3 is 2.38 bits per heavy atom. The molecule has 3 rings (SSSR count). The van der Waals surface area contributed by atoms with Gasteiger partial charge in [0.15, 0.2) is 11.5 Å². The second-order valence-corrected chi connectivity index (χ2v) is 8.65. The Morgan fingerprint density at radius 1 is 1.09 bits per heavy atom. The third-order valence-electron chi connectivity index (χ3n) is 4.40. The van der Waals surface area contributed by atoms with E-state index in [1.54, 1.807) is 30.3 Å². The van der Waals surface area contributed by atoms with Crippen molar-refractivity contribution in [2.24, 2.45) is 0 Å². The van der Waals surface area contributed by atoms with Crippen molar-refractivity contribution < 1.29 is 28.6 Å². The van der Waals surface area contributed by atoms with Crippen molar-refractivity contribution in [2.75, 3.05) is 33.2 Å². The number of nitrogens with zero attached hydrogens (tertiary/aromatic N) is 1. The van der Waals surface area contributed by atoms with Crippen molar-refractivity contribution in [1.29, 1.82) is 0 Å². The standard InChI is InChI=1S/C21H18BrClN2O6S/c1-29-15-9-17(31-3)16(30-2)6-11(15)7-18-20(27)25(21(28)32-18)10-19(26)24-12-4-5-13(22)14(23)8-12/h4-9H,10H2,1-3H3,(H,24,26)/b18-7+. The van der Waals surface area contributed by atoms with Crippen LogP contribution in [-0.2, 0) is 9.59 Å². The van der Waals surface area contributed by atoms with Crippen LogP contribution in [0.5, 0.6) is 17.2 Å². The molecule has 0 spiro atoms. The molecule has 0 saturated carbocycles. The van der Waals surface area contributed by atoms with Gasteiger partial charge in [0.25, 0.3) is 11.1 Å². The van der Waals surface area contributed by atoms with Crippen molar-refractivity contribution in [3.05, 3.63) is 50.3 Å². The summed E-state index contributed by atoms with van der Waals surface area (Å²) < 4.78 is 16.6. The van der Waals surface area contributed by atoms with Gasteiger partial charge in [0.05, 0.1) is 31.3 Å². The number of rotatable bonds is 7. The van der Waals surface area contributed by atoms with E-state index < -0.39 is 23.6 Å². The lowest BCUT2D eigenvalue weighted by Crippen LogP contribution is -2.36. The minimum Gasteiger partial charge on any atom is -0.496 e. The molecule has 168 valence electrons. The van der Waals surface area contributed by atoms with Gasteiger partial charge in [-0.2, -0.15) is 0 Å². The number of amides is 3. The minimum atomic E-state index is -0.583. The summed E-state index contributed by atoms with van der Waals surface area (Å²) in [5, 5.41) is 2.49. The summed E-state index contributed by atoms with van der Waals surface area (Å²) in [7, 11) is 4.46. The summed E-state index contributed by atoms with van der Waals surface area (Å²) in [6.07, 6.45) is 1.51. The highest BCUT2D eigenvalue weighted by atomic mass is 79.9. The van der Waals surface area contributed by atoms with Crippen LogP contribution in [0.1, 0.15) is 5.56 Å². The molecule has 1 saturated heterocycles. The van der Waals surface area contributed by atoms with E-state index in [9.17, 15) is 14.4 Å². The number of nitrogens with one attached hydrogen (secondary N) is 1. The molecule has 1 fully saturated rings. The Balaban J connectivity index is 1.79. The van der Waals surface area contributed by atoms with Crippen LogP contribution in [0.25, 0.3) is 6.08 Å². The highest BCUT2D eigenvalue weighted by Crippen LogP contribution is 2.38. The Kier molecular flexibility index (Phi) is 7.70. The average molecular weight is 542 g/mol. The number of hydrogen-bond acceptors (Lipinski definition) is 7.